The molecule has 2 rings (SSSR count). The monoisotopic (exact) mass is 274 g/mol. The Balaban J connectivity index is 0.00000128. The standard InChI is InChI=1S/C11H11ClN2S.ClH/c12-8-1-2-10(13)9(5-8)11(14)7-3-4-15-6-7;/h1-6,11H,13-14H2;1H/t11-;/m0./s1. The van der Waals surface area contributed by atoms with Gasteiger partial charge in [-0.3, -0.25) is 0 Å². The van der Waals surface area contributed by atoms with Crippen molar-refractivity contribution in [3.8, 4) is 0 Å². The average Bonchev–Trinajstić information content (AvgIpc) is 2.74. The Bertz CT molecular complexity index is 457. The van der Waals surface area contributed by atoms with Gasteiger partial charge in [0, 0.05) is 10.7 Å². The van der Waals surface area contributed by atoms with E-state index in [0.29, 0.717) is 10.7 Å². The predicted octanol–water partition coefficient (Wildman–Crippen LogP) is 3.45. The van der Waals surface area contributed by atoms with E-state index in [1.807, 2.05) is 22.9 Å². The fourth-order valence-corrected chi connectivity index (χ4v) is 2.32. The summed E-state index contributed by atoms with van der Waals surface area (Å²) in [4.78, 5) is 0. The van der Waals surface area contributed by atoms with Crippen LogP contribution in [0.3, 0.4) is 0 Å². The molecule has 5 heteroatoms. The highest BCUT2D eigenvalue weighted by molar-refractivity contribution is 7.08. The highest BCUT2D eigenvalue weighted by Crippen LogP contribution is 2.28. The van der Waals surface area contributed by atoms with E-state index in [9.17, 15) is 0 Å². The largest absolute Gasteiger partial charge is 0.398 e. The van der Waals surface area contributed by atoms with Crippen LogP contribution in [0.25, 0.3) is 0 Å². The fraction of sp³-hybridized carbons (Fsp3) is 0.0909. The molecule has 2 nitrogen and oxygen atoms in total. The minimum Gasteiger partial charge on any atom is -0.398 e. The molecule has 0 fully saturated rings. The molecule has 0 spiro atoms. The lowest BCUT2D eigenvalue weighted by Crippen LogP contribution is -2.12. The zero-order valence-corrected chi connectivity index (χ0v) is 10.8. The lowest BCUT2D eigenvalue weighted by atomic mass is 10.0. The Morgan fingerprint density at radius 2 is 2.00 bits per heavy atom. The highest BCUT2D eigenvalue weighted by atomic mass is 35.5. The highest BCUT2D eigenvalue weighted by Gasteiger charge is 2.12. The number of nitrogens with two attached hydrogens (primary N) is 2. The van der Waals surface area contributed by atoms with Gasteiger partial charge in [-0.15, -0.1) is 12.4 Å². The summed E-state index contributed by atoms with van der Waals surface area (Å²) in [6, 6.07) is 7.16. The first-order chi connectivity index (χ1) is 7.18. The van der Waals surface area contributed by atoms with E-state index >= 15 is 0 Å². The van der Waals surface area contributed by atoms with E-state index in [1.54, 1.807) is 23.5 Å². The van der Waals surface area contributed by atoms with Crippen LogP contribution in [0.5, 0.6) is 0 Å². The number of thiophene rings is 1. The number of rotatable bonds is 2. The number of benzene rings is 1. The summed E-state index contributed by atoms with van der Waals surface area (Å²) >= 11 is 7.53. The summed E-state index contributed by atoms with van der Waals surface area (Å²) in [6.45, 7) is 0. The number of hydrogen-bond donors (Lipinski definition) is 2. The van der Waals surface area contributed by atoms with E-state index in [4.69, 9.17) is 23.1 Å². The molecule has 1 aromatic heterocycles. The fourth-order valence-electron chi connectivity index (χ4n) is 1.45. The van der Waals surface area contributed by atoms with Crippen LogP contribution in [0.1, 0.15) is 17.2 Å². The van der Waals surface area contributed by atoms with Crippen molar-refractivity contribution in [2.24, 2.45) is 5.73 Å². The van der Waals surface area contributed by atoms with Crippen LogP contribution in [0, 0.1) is 0 Å². The zero-order chi connectivity index (χ0) is 10.8. The predicted molar refractivity (Wildman–Crippen MR) is 73.5 cm³/mol. The molecular formula is C11H12Cl2N2S. The molecule has 0 amide bonds. The average molecular weight is 275 g/mol. The van der Waals surface area contributed by atoms with Crippen molar-refractivity contribution in [1.29, 1.82) is 0 Å². The third-order valence-electron chi connectivity index (χ3n) is 2.29. The minimum absolute atomic E-state index is 0. The van der Waals surface area contributed by atoms with Gasteiger partial charge in [-0.1, -0.05) is 11.6 Å². The van der Waals surface area contributed by atoms with Crippen LogP contribution >= 0.6 is 35.3 Å². The smallest absolute Gasteiger partial charge is 0.0580 e. The zero-order valence-electron chi connectivity index (χ0n) is 8.39. The third kappa shape index (κ3) is 2.68. The van der Waals surface area contributed by atoms with Crippen molar-refractivity contribution in [2.45, 2.75) is 6.04 Å². The normalized spacial score (nSPS) is 11.9. The van der Waals surface area contributed by atoms with Crippen molar-refractivity contribution in [3.63, 3.8) is 0 Å². The first kappa shape index (κ1) is 13.3. The van der Waals surface area contributed by atoms with Gasteiger partial charge in [-0.05, 0) is 46.2 Å². The summed E-state index contributed by atoms with van der Waals surface area (Å²) in [5.41, 5.74) is 14.6. The number of hydrogen-bond acceptors (Lipinski definition) is 3. The summed E-state index contributed by atoms with van der Waals surface area (Å²) in [6.07, 6.45) is 0. The van der Waals surface area contributed by atoms with Gasteiger partial charge in [0.25, 0.3) is 0 Å². The molecule has 0 unspecified atom stereocenters. The van der Waals surface area contributed by atoms with E-state index in [0.717, 1.165) is 11.1 Å². The van der Waals surface area contributed by atoms with Gasteiger partial charge in [0.15, 0.2) is 0 Å². The van der Waals surface area contributed by atoms with Gasteiger partial charge in [-0.2, -0.15) is 11.3 Å². The Kier molecular flexibility index (Phi) is 4.62. The Morgan fingerprint density at radius 1 is 1.25 bits per heavy atom. The van der Waals surface area contributed by atoms with Crippen LogP contribution < -0.4 is 11.5 Å². The molecule has 1 aromatic carbocycles. The molecule has 2 aromatic rings. The summed E-state index contributed by atoms with van der Waals surface area (Å²) in [7, 11) is 0. The third-order valence-corrected chi connectivity index (χ3v) is 3.22. The van der Waals surface area contributed by atoms with E-state index in [2.05, 4.69) is 0 Å². The molecule has 1 atom stereocenters. The van der Waals surface area contributed by atoms with Crippen LogP contribution in [-0.2, 0) is 0 Å². The number of halogens is 2. The second kappa shape index (κ2) is 5.55. The summed E-state index contributed by atoms with van der Waals surface area (Å²) < 4.78 is 0. The second-order valence-electron chi connectivity index (χ2n) is 3.31. The molecule has 86 valence electrons. The molecular weight excluding hydrogens is 263 g/mol. The van der Waals surface area contributed by atoms with Crippen LogP contribution in [0.2, 0.25) is 5.02 Å². The maximum atomic E-state index is 6.10. The van der Waals surface area contributed by atoms with Gasteiger partial charge >= 0.3 is 0 Å². The SMILES string of the molecule is Cl.Nc1ccc(Cl)cc1[C@@H](N)c1ccsc1. The molecule has 0 aliphatic carbocycles. The Labute approximate surface area is 110 Å². The minimum atomic E-state index is -0.199. The van der Waals surface area contributed by atoms with Crippen molar-refractivity contribution in [2.75, 3.05) is 5.73 Å². The first-order valence-corrected chi connectivity index (χ1v) is 5.83. The molecule has 0 bridgehead atoms. The van der Waals surface area contributed by atoms with Crippen LogP contribution in [0.15, 0.2) is 35.0 Å². The van der Waals surface area contributed by atoms with Gasteiger partial charge in [0.1, 0.15) is 0 Å². The van der Waals surface area contributed by atoms with Crippen LogP contribution in [0.4, 0.5) is 5.69 Å². The lowest BCUT2D eigenvalue weighted by molar-refractivity contribution is 0.880. The van der Waals surface area contributed by atoms with Crippen molar-refractivity contribution >= 4 is 41.0 Å². The quantitative estimate of drug-likeness (QED) is 0.825. The van der Waals surface area contributed by atoms with E-state index < -0.39 is 0 Å². The van der Waals surface area contributed by atoms with Gasteiger partial charge in [0.05, 0.1) is 6.04 Å². The second-order valence-corrected chi connectivity index (χ2v) is 4.52. The van der Waals surface area contributed by atoms with Crippen molar-refractivity contribution in [3.05, 3.63) is 51.2 Å². The summed E-state index contributed by atoms with van der Waals surface area (Å²) in [5, 5.41) is 4.67. The van der Waals surface area contributed by atoms with Gasteiger partial charge < -0.3 is 11.5 Å². The number of nitrogen functional groups attached to an aromatic ring is 1. The van der Waals surface area contributed by atoms with Crippen molar-refractivity contribution in [1.82, 2.24) is 0 Å². The molecule has 0 saturated carbocycles. The Morgan fingerprint density at radius 3 is 2.62 bits per heavy atom. The van der Waals surface area contributed by atoms with Crippen LogP contribution in [-0.4, -0.2) is 0 Å². The number of anilines is 1. The van der Waals surface area contributed by atoms with E-state index in [1.165, 1.54) is 0 Å². The topological polar surface area (TPSA) is 52.0 Å². The van der Waals surface area contributed by atoms with Crippen molar-refractivity contribution < 1.29 is 0 Å². The summed E-state index contributed by atoms with van der Waals surface area (Å²) in [5.74, 6) is 0. The first-order valence-electron chi connectivity index (χ1n) is 4.51. The lowest BCUT2D eigenvalue weighted by Gasteiger charge is -2.13. The van der Waals surface area contributed by atoms with Gasteiger partial charge in [-0.25, -0.2) is 0 Å². The molecule has 16 heavy (non-hydrogen) atoms. The molecule has 0 radical (unpaired) electrons. The molecule has 0 aliphatic heterocycles. The molecule has 1 heterocycles. The Hall–Kier alpha value is -0.740. The van der Waals surface area contributed by atoms with Gasteiger partial charge in [0.2, 0.25) is 0 Å². The molecule has 0 saturated heterocycles. The molecule has 4 N–H and O–H groups in total. The maximum absolute atomic E-state index is 6.10. The molecule has 0 aliphatic rings. The maximum Gasteiger partial charge on any atom is 0.0580 e. The van der Waals surface area contributed by atoms with E-state index in [-0.39, 0.29) is 18.4 Å².